The van der Waals surface area contributed by atoms with E-state index in [9.17, 15) is 5.11 Å². The quantitative estimate of drug-likeness (QED) is 0.739. The molecule has 1 aromatic heterocycles. The molecule has 0 bridgehead atoms. The zero-order chi connectivity index (χ0) is 12.4. The van der Waals surface area contributed by atoms with Crippen LogP contribution in [0.15, 0.2) is 30.5 Å². The number of aliphatic hydroxyl groups excluding tert-OH is 2. The van der Waals surface area contributed by atoms with E-state index in [1.807, 2.05) is 37.4 Å². The van der Waals surface area contributed by atoms with Crippen LogP contribution in [0.3, 0.4) is 0 Å². The average molecular weight is 234 g/mol. The lowest BCUT2D eigenvalue weighted by atomic mass is 10.1. The summed E-state index contributed by atoms with van der Waals surface area (Å²) in [5.74, 6) is 0. The number of para-hydroxylation sites is 1. The van der Waals surface area contributed by atoms with E-state index in [4.69, 9.17) is 10.8 Å². The molecule has 0 aliphatic heterocycles. The van der Waals surface area contributed by atoms with Crippen molar-refractivity contribution in [1.29, 1.82) is 0 Å². The minimum absolute atomic E-state index is 0.0699. The topological polar surface area (TPSA) is 71.4 Å². The van der Waals surface area contributed by atoms with E-state index >= 15 is 0 Å². The van der Waals surface area contributed by atoms with Gasteiger partial charge < -0.3 is 20.5 Å². The van der Waals surface area contributed by atoms with Gasteiger partial charge in [0.05, 0.1) is 12.1 Å². The molecule has 1 aromatic carbocycles. The van der Waals surface area contributed by atoms with Crippen molar-refractivity contribution < 1.29 is 10.2 Å². The fourth-order valence-electron chi connectivity index (χ4n) is 2.12. The summed E-state index contributed by atoms with van der Waals surface area (Å²) in [6, 6.07) is 7.88. The minimum Gasteiger partial charge on any atom is -0.392 e. The lowest BCUT2D eigenvalue weighted by Gasteiger charge is -2.10. The summed E-state index contributed by atoms with van der Waals surface area (Å²) in [7, 11) is 0. The SMILES string of the molecule is CC(N)Cc1cn(C(O)CO)c2ccccc12. The summed E-state index contributed by atoms with van der Waals surface area (Å²) in [6.07, 6.45) is 1.72. The second-order valence-electron chi connectivity index (χ2n) is 4.42. The van der Waals surface area contributed by atoms with E-state index in [1.165, 1.54) is 0 Å². The van der Waals surface area contributed by atoms with Crippen molar-refractivity contribution in [2.45, 2.75) is 25.6 Å². The van der Waals surface area contributed by atoms with Gasteiger partial charge in [0.15, 0.2) is 6.23 Å². The van der Waals surface area contributed by atoms with Gasteiger partial charge >= 0.3 is 0 Å². The number of hydrogen-bond acceptors (Lipinski definition) is 3. The van der Waals surface area contributed by atoms with Gasteiger partial charge in [0, 0.05) is 17.6 Å². The Labute approximate surface area is 100 Å². The van der Waals surface area contributed by atoms with E-state index in [0.717, 1.165) is 22.9 Å². The first-order valence-electron chi connectivity index (χ1n) is 5.76. The van der Waals surface area contributed by atoms with Gasteiger partial charge in [-0.25, -0.2) is 0 Å². The molecular weight excluding hydrogens is 216 g/mol. The summed E-state index contributed by atoms with van der Waals surface area (Å²) >= 11 is 0. The van der Waals surface area contributed by atoms with E-state index in [-0.39, 0.29) is 12.6 Å². The maximum Gasteiger partial charge on any atom is 0.154 e. The van der Waals surface area contributed by atoms with Crippen LogP contribution in [-0.2, 0) is 6.42 Å². The maximum atomic E-state index is 9.76. The van der Waals surface area contributed by atoms with Crippen molar-refractivity contribution in [2.75, 3.05) is 6.61 Å². The van der Waals surface area contributed by atoms with Crippen LogP contribution in [0.1, 0.15) is 18.7 Å². The number of aromatic nitrogens is 1. The van der Waals surface area contributed by atoms with Gasteiger partial charge in [-0.3, -0.25) is 0 Å². The number of fused-ring (bicyclic) bond motifs is 1. The van der Waals surface area contributed by atoms with Crippen LogP contribution in [0, 0.1) is 0 Å². The molecule has 17 heavy (non-hydrogen) atoms. The van der Waals surface area contributed by atoms with Gasteiger partial charge in [-0.1, -0.05) is 18.2 Å². The fourth-order valence-corrected chi connectivity index (χ4v) is 2.12. The Morgan fingerprint density at radius 3 is 2.71 bits per heavy atom. The lowest BCUT2D eigenvalue weighted by Crippen LogP contribution is -2.17. The Bertz CT molecular complexity index is 505. The second-order valence-corrected chi connectivity index (χ2v) is 4.42. The smallest absolute Gasteiger partial charge is 0.154 e. The molecular formula is C13H18N2O2. The number of benzene rings is 1. The van der Waals surface area contributed by atoms with Crippen molar-refractivity contribution in [1.82, 2.24) is 4.57 Å². The molecule has 2 rings (SSSR count). The molecule has 1 heterocycles. The van der Waals surface area contributed by atoms with Crippen LogP contribution in [0.4, 0.5) is 0 Å². The molecule has 0 aliphatic carbocycles. The van der Waals surface area contributed by atoms with Crippen molar-refractivity contribution in [3.63, 3.8) is 0 Å². The Morgan fingerprint density at radius 2 is 2.06 bits per heavy atom. The number of nitrogens with zero attached hydrogens (tertiary/aromatic N) is 1. The van der Waals surface area contributed by atoms with Crippen LogP contribution in [0.5, 0.6) is 0 Å². The largest absolute Gasteiger partial charge is 0.392 e. The number of aliphatic hydroxyl groups is 2. The number of rotatable bonds is 4. The van der Waals surface area contributed by atoms with Crippen molar-refractivity contribution in [3.8, 4) is 0 Å². The lowest BCUT2D eigenvalue weighted by molar-refractivity contribution is 0.0426. The van der Waals surface area contributed by atoms with Crippen molar-refractivity contribution in [3.05, 3.63) is 36.0 Å². The monoisotopic (exact) mass is 234 g/mol. The van der Waals surface area contributed by atoms with Crippen LogP contribution in [0.25, 0.3) is 10.9 Å². The average Bonchev–Trinajstić information content (AvgIpc) is 2.67. The van der Waals surface area contributed by atoms with Gasteiger partial charge in [0.2, 0.25) is 0 Å². The van der Waals surface area contributed by atoms with E-state index in [2.05, 4.69) is 0 Å². The third kappa shape index (κ3) is 2.34. The van der Waals surface area contributed by atoms with Crippen LogP contribution < -0.4 is 5.73 Å². The summed E-state index contributed by atoms with van der Waals surface area (Å²) < 4.78 is 1.69. The van der Waals surface area contributed by atoms with E-state index in [0.29, 0.717) is 0 Å². The molecule has 4 N–H and O–H groups in total. The number of nitrogens with two attached hydrogens (primary N) is 1. The van der Waals surface area contributed by atoms with Gasteiger partial charge in [-0.2, -0.15) is 0 Å². The predicted molar refractivity (Wildman–Crippen MR) is 67.6 cm³/mol. The zero-order valence-electron chi connectivity index (χ0n) is 9.87. The summed E-state index contributed by atoms with van der Waals surface area (Å²) in [5.41, 5.74) is 7.83. The molecule has 0 saturated heterocycles. The highest BCUT2D eigenvalue weighted by Crippen LogP contribution is 2.24. The summed E-state index contributed by atoms with van der Waals surface area (Å²) in [5, 5.41) is 19.9. The molecule has 2 unspecified atom stereocenters. The molecule has 2 atom stereocenters. The molecule has 4 nitrogen and oxygen atoms in total. The minimum atomic E-state index is -0.901. The highest BCUT2D eigenvalue weighted by atomic mass is 16.3. The third-order valence-electron chi connectivity index (χ3n) is 2.85. The molecule has 0 amide bonds. The molecule has 0 radical (unpaired) electrons. The standard InChI is InChI=1S/C13H18N2O2/c1-9(14)6-10-7-15(13(17)8-16)12-5-3-2-4-11(10)12/h2-5,7,9,13,16-17H,6,8,14H2,1H3. The second kappa shape index (κ2) is 4.87. The first kappa shape index (κ1) is 12.1. The van der Waals surface area contributed by atoms with Crippen molar-refractivity contribution in [2.24, 2.45) is 5.73 Å². The predicted octanol–water partition coefficient (Wildman–Crippen LogP) is 1.01. The molecule has 2 aromatic rings. The highest BCUT2D eigenvalue weighted by molar-refractivity contribution is 5.84. The Kier molecular flexibility index (Phi) is 3.47. The van der Waals surface area contributed by atoms with Crippen LogP contribution in [0.2, 0.25) is 0 Å². The Balaban J connectivity index is 2.54. The van der Waals surface area contributed by atoms with Gasteiger partial charge in [-0.05, 0) is 25.0 Å². The van der Waals surface area contributed by atoms with Gasteiger partial charge in [0.25, 0.3) is 0 Å². The van der Waals surface area contributed by atoms with E-state index in [1.54, 1.807) is 4.57 Å². The Hall–Kier alpha value is -1.36. The maximum absolute atomic E-state index is 9.76. The first-order chi connectivity index (χ1) is 8.13. The number of hydrogen-bond donors (Lipinski definition) is 3. The van der Waals surface area contributed by atoms with E-state index < -0.39 is 6.23 Å². The summed E-state index contributed by atoms with van der Waals surface area (Å²) in [6.45, 7) is 1.66. The molecule has 4 heteroatoms. The van der Waals surface area contributed by atoms with Crippen LogP contribution in [-0.4, -0.2) is 27.4 Å². The highest BCUT2D eigenvalue weighted by Gasteiger charge is 2.13. The third-order valence-corrected chi connectivity index (χ3v) is 2.85. The molecule has 0 fully saturated rings. The van der Waals surface area contributed by atoms with Gasteiger partial charge in [0.1, 0.15) is 0 Å². The molecule has 0 aliphatic rings. The Morgan fingerprint density at radius 1 is 1.35 bits per heavy atom. The van der Waals surface area contributed by atoms with Crippen LogP contribution >= 0.6 is 0 Å². The van der Waals surface area contributed by atoms with Crippen molar-refractivity contribution >= 4 is 10.9 Å². The molecule has 0 saturated carbocycles. The summed E-state index contributed by atoms with van der Waals surface area (Å²) in [4.78, 5) is 0. The molecule has 0 spiro atoms. The van der Waals surface area contributed by atoms with Gasteiger partial charge in [-0.15, -0.1) is 0 Å². The normalized spacial score (nSPS) is 15.1. The zero-order valence-corrected chi connectivity index (χ0v) is 9.87. The first-order valence-corrected chi connectivity index (χ1v) is 5.76. The molecule has 92 valence electrons. The fraction of sp³-hybridized carbons (Fsp3) is 0.385.